The lowest BCUT2D eigenvalue weighted by atomic mass is 10.0. The second kappa shape index (κ2) is 8.25. The molecule has 1 heterocycles. The van der Waals surface area contributed by atoms with Crippen molar-refractivity contribution in [1.29, 1.82) is 0 Å². The third kappa shape index (κ3) is 5.07. The summed E-state index contributed by atoms with van der Waals surface area (Å²) in [5.74, 6) is 0.633. The number of nitrogens with zero attached hydrogens (tertiary/aromatic N) is 1. The fourth-order valence-corrected chi connectivity index (χ4v) is 3.52. The van der Waals surface area contributed by atoms with E-state index in [-0.39, 0.29) is 11.9 Å². The highest BCUT2D eigenvalue weighted by molar-refractivity contribution is 7.18. The normalized spacial score (nSPS) is 12.7. The van der Waals surface area contributed by atoms with Crippen LogP contribution in [0.5, 0.6) is 0 Å². The summed E-state index contributed by atoms with van der Waals surface area (Å²) in [6, 6.07) is 8.23. The Bertz CT molecular complexity index is 576. The van der Waals surface area contributed by atoms with Crippen LogP contribution in [0.15, 0.2) is 24.3 Å². The number of thiazole rings is 1. The summed E-state index contributed by atoms with van der Waals surface area (Å²) in [6.07, 6.45) is 3.14. The minimum absolute atomic E-state index is 0.0925. The number of rotatable bonds is 8. The molecular formula is C17H25N3OS. The van der Waals surface area contributed by atoms with Crippen LogP contribution in [0, 0.1) is 5.92 Å². The number of aryl methyl sites for hydroxylation is 1. The second-order valence-electron chi connectivity index (χ2n) is 6.06. The molecule has 0 aliphatic heterocycles. The summed E-state index contributed by atoms with van der Waals surface area (Å²) < 4.78 is 1.21. The van der Waals surface area contributed by atoms with E-state index in [1.54, 1.807) is 11.3 Å². The molecule has 0 bridgehead atoms. The van der Waals surface area contributed by atoms with Crippen molar-refractivity contribution >= 4 is 27.5 Å². The van der Waals surface area contributed by atoms with Gasteiger partial charge in [0.25, 0.3) is 0 Å². The highest BCUT2D eigenvalue weighted by Gasteiger charge is 2.12. The molecule has 22 heavy (non-hydrogen) atoms. The molecule has 0 radical (unpaired) electrons. The van der Waals surface area contributed by atoms with Crippen LogP contribution in [0.4, 0.5) is 0 Å². The monoisotopic (exact) mass is 319 g/mol. The third-order valence-corrected chi connectivity index (χ3v) is 4.63. The number of aromatic nitrogens is 1. The van der Waals surface area contributed by atoms with E-state index >= 15 is 0 Å². The van der Waals surface area contributed by atoms with Gasteiger partial charge in [-0.2, -0.15) is 0 Å². The van der Waals surface area contributed by atoms with Gasteiger partial charge in [0, 0.05) is 19.0 Å². The Morgan fingerprint density at radius 1 is 1.36 bits per heavy atom. The van der Waals surface area contributed by atoms with Crippen molar-refractivity contribution in [2.24, 2.45) is 11.7 Å². The van der Waals surface area contributed by atoms with Gasteiger partial charge in [-0.3, -0.25) is 4.79 Å². The molecule has 4 nitrogen and oxygen atoms in total. The molecule has 2 aromatic rings. The van der Waals surface area contributed by atoms with Crippen LogP contribution in [0.25, 0.3) is 10.2 Å². The molecule has 0 saturated heterocycles. The van der Waals surface area contributed by atoms with E-state index in [1.165, 1.54) is 4.70 Å². The third-order valence-electron chi connectivity index (χ3n) is 3.54. The van der Waals surface area contributed by atoms with Crippen molar-refractivity contribution < 1.29 is 4.79 Å². The number of fused-ring (bicyclic) bond motifs is 1. The Morgan fingerprint density at radius 2 is 2.14 bits per heavy atom. The van der Waals surface area contributed by atoms with Gasteiger partial charge < -0.3 is 11.1 Å². The van der Waals surface area contributed by atoms with Gasteiger partial charge in [0.05, 0.1) is 15.2 Å². The zero-order chi connectivity index (χ0) is 15.9. The molecule has 1 atom stereocenters. The van der Waals surface area contributed by atoms with Gasteiger partial charge in [-0.25, -0.2) is 4.98 Å². The van der Waals surface area contributed by atoms with E-state index in [0.29, 0.717) is 18.9 Å². The number of carbonyl (C=O) groups is 1. The molecule has 1 unspecified atom stereocenters. The van der Waals surface area contributed by atoms with Crippen LogP contribution < -0.4 is 11.1 Å². The van der Waals surface area contributed by atoms with Gasteiger partial charge in [-0.1, -0.05) is 26.0 Å². The molecule has 2 rings (SSSR count). The first-order valence-electron chi connectivity index (χ1n) is 7.92. The molecule has 1 aromatic heterocycles. The number of hydrogen-bond acceptors (Lipinski definition) is 4. The Balaban J connectivity index is 1.76. The zero-order valence-corrected chi connectivity index (χ0v) is 14.2. The standard InChI is InChI=1S/C17H25N3OS/c1-12(2)10-13(11-18)19-16(21)8-5-9-17-20-14-6-3-4-7-15(14)22-17/h3-4,6-7,12-13H,5,8-11,18H2,1-2H3,(H,19,21). The maximum atomic E-state index is 12.0. The number of nitrogens with one attached hydrogen (secondary N) is 1. The van der Waals surface area contributed by atoms with Gasteiger partial charge in [0.15, 0.2) is 0 Å². The van der Waals surface area contributed by atoms with Crippen molar-refractivity contribution in [2.75, 3.05) is 6.54 Å². The lowest BCUT2D eigenvalue weighted by Gasteiger charge is -2.18. The van der Waals surface area contributed by atoms with E-state index in [9.17, 15) is 4.79 Å². The largest absolute Gasteiger partial charge is 0.352 e. The van der Waals surface area contributed by atoms with Gasteiger partial charge in [0.1, 0.15) is 0 Å². The number of benzene rings is 1. The van der Waals surface area contributed by atoms with Gasteiger partial charge >= 0.3 is 0 Å². The fraction of sp³-hybridized carbons (Fsp3) is 0.529. The van der Waals surface area contributed by atoms with E-state index in [2.05, 4.69) is 30.2 Å². The minimum atomic E-state index is 0.0925. The summed E-state index contributed by atoms with van der Waals surface area (Å²) in [4.78, 5) is 16.6. The lowest BCUT2D eigenvalue weighted by molar-refractivity contribution is -0.121. The topological polar surface area (TPSA) is 68.0 Å². The SMILES string of the molecule is CC(C)CC(CN)NC(=O)CCCc1nc2ccccc2s1. The van der Waals surface area contributed by atoms with Gasteiger partial charge in [0.2, 0.25) is 5.91 Å². The highest BCUT2D eigenvalue weighted by Crippen LogP contribution is 2.22. The zero-order valence-electron chi connectivity index (χ0n) is 13.3. The quantitative estimate of drug-likeness (QED) is 0.785. The van der Waals surface area contributed by atoms with Crippen molar-refractivity contribution in [1.82, 2.24) is 10.3 Å². The van der Waals surface area contributed by atoms with E-state index in [0.717, 1.165) is 29.8 Å². The Morgan fingerprint density at radius 3 is 2.82 bits per heavy atom. The molecular weight excluding hydrogens is 294 g/mol. The molecule has 5 heteroatoms. The van der Waals surface area contributed by atoms with E-state index < -0.39 is 0 Å². The van der Waals surface area contributed by atoms with Crippen LogP contribution >= 0.6 is 11.3 Å². The Labute approximate surface area is 136 Å². The first-order chi connectivity index (χ1) is 10.6. The number of hydrogen-bond donors (Lipinski definition) is 2. The molecule has 120 valence electrons. The average Bonchev–Trinajstić information content (AvgIpc) is 2.88. The molecule has 0 spiro atoms. The van der Waals surface area contributed by atoms with E-state index in [4.69, 9.17) is 5.73 Å². The lowest BCUT2D eigenvalue weighted by Crippen LogP contribution is -2.40. The summed E-state index contributed by atoms with van der Waals surface area (Å²) in [5, 5.41) is 4.13. The summed E-state index contributed by atoms with van der Waals surface area (Å²) >= 11 is 1.71. The molecule has 1 aromatic carbocycles. The molecule has 3 N–H and O–H groups in total. The molecule has 1 amide bonds. The highest BCUT2D eigenvalue weighted by atomic mass is 32.1. The van der Waals surface area contributed by atoms with E-state index in [1.807, 2.05) is 18.2 Å². The summed E-state index contributed by atoms with van der Waals surface area (Å²) in [7, 11) is 0. The predicted molar refractivity (Wildman–Crippen MR) is 93.0 cm³/mol. The predicted octanol–water partition coefficient (Wildman–Crippen LogP) is 3.11. The average molecular weight is 319 g/mol. The van der Waals surface area contributed by atoms with Crippen LogP contribution in [0.1, 0.15) is 38.1 Å². The number of para-hydroxylation sites is 1. The van der Waals surface area contributed by atoms with Crippen molar-refractivity contribution in [2.45, 2.75) is 45.6 Å². The number of amides is 1. The van der Waals surface area contributed by atoms with Crippen LogP contribution in [0.2, 0.25) is 0 Å². The summed E-state index contributed by atoms with van der Waals surface area (Å²) in [6.45, 7) is 4.78. The minimum Gasteiger partial charge on any atom is -0.352 e. The molecule has 0 fully saturated rings. The molecule has 0 saturated carbocycles. The van der Waals surface area contributed by atoms with Crippen molar-refractivity contribution in [3.63, 3.8) is 0 Å². The first-order valence-corrected chi connectivity index (χ1v) is 8.74. The molecule has 0 aliphatic carbocycles. The van der Waals surface area contributed by atoms with Crippen LogP contribution in [-0.4, -0.2) is 23.5 Å². The number of nitrogens with two attached hydrogens (primary N) is 1. The van der Waals surface area contributed by atoms with Gasteiger partial charge in [-0.15, -0.1) is 11.3 Å². The van der Waals surface area contributed by atoms with Crippen LogP contribution in [-0.2, 0) is 11.2 Å². The second-order valence-corrected chi connectivity index (χ2v) is 7.17. The maximum Gasteiger partial charge on any atom is 0.220 e. The Kier molecular flexibility index (Phi) is 6.34. The maximum absolute atomic E-state index is 12.0. The van der Waals surface area contributed by atoms with Crippen molar-refractivity contribution in [3.05, 3.63) is 29.3 Å². The smallest absolute Gasteiger partial charge is 0.220 e. The van der Waals surface area contributed by atoms with Crippen LogP contribution in [0.3, 0.4) is 0 Å². The van der Waals surface area contributed by atoms with Gasteiger partial charge in [-0.05, 0) is 37.3 Å². The van der Waals surface area contributed by atoms with Crippen molar-refractivity contribution in [3.8, 4) is 0 Å². The summed E-state index contributed by atoms with van der Waals surface area (Å²) in [5.41, 5.74) is 6.76. The Hall–Kier alpha value is -1.46. The fourth-order valence-electron chi connectivity index (χ4n) is 2.51. The first kappa shape index (κ1) is 16.9. The number of carbonyl (C=O) groups excluding carboxylic acids is 1. The molecule has 0 aliphatic rings.